The molecule has 0 aliphatic heterocycles. The molecule has 1 unspecified atom stereocenters. The van der Waals surface area contributed by atoms with Gasteiger partial charge in [-0.05, 0) is 19.3 Å². The third-order valence-corrected chi connectivity index (χ3v) is 3.80. The van der Waals surface area contributed by atoms with E-state index in [2.05, 4.69) is 30.7 Å². The van der Waals surface area contributed by atoms with Crippen LogP contribution in [0.5, 0.6) is 0 Å². The highest BCUT2D eigenvalue weighted by atomic mass is 32.1. The fraction of sp³-hybridized carbons (Fsp3) is 0.667. The van der Waals surface area contributed by atoms with Gasteiger partial charge >= 0.3 is 0 Å². The van der Waals surface area contributed by atoms with Crippen LogP contribution in [0, 0.1) is 5.92 Å². The van der Waals surface area contributed by atoms with Crippen molar-refractivity contribution in [3.05, 3.63) is 11.1 Å². The Morgan fingerprint density at radius 3 is 2.56 bits per heavy atom. The number of aromatic nitrogens is 1. The number of rotatable bonds is 5. The van der Waals surface area contributed by atoms with Gasteiger partial charge in [0, 0.05) is 20.0 Å². The number of hydrogen-bond acceptors (Lipinski definition) is 4. The van der Waals surface area contributed by atoms with Gasteiger partial charge < -0.3 is 4.90 Å². The smallest absolute Gasteiger partial charge is 0.185 e. The molecule has 0 aromatic carbocycles. The predicted octanol–water partition coefficient (Wildman–Crippen LogP) is 3.22. The van der Waals surface area contributed by atoms with Gasteiger partial charge in [-0.15, -0.1) is 0 Å². The Balaban J connectivity index is 2.71. The van der Waals surface area contributed by atoms with E-state index in [1.807, 2.05) is 7.05 Å². The highest BCUT2D eigenvalue weighted by Gasteiger charge is 2.15. The van der Waals surface area contributed by atoms with Crippen LogP contribution in [0.2, 0.25) is 0 Å². The second kappa shape index (κ2) is 5.43. The lowest BCUT2D eigenvalue weighted by Gasteiger charge is -2.25. The van der Waals surface area contributed by atoms with Crippen molar-refractivity contribution >= 4 is 22.3 Å². The first-order valence-corrected chi connectivity index (χ1v) is 6.43. The van der Waals surface area contributed by atoms with Gasteiger partial charge in [0.2, 0.25) is 0 Å². The van der Waals surface area contributed by atoms with Crippen LogP contribution in [0.3, 0.4) is 0 Å². The van der Waals surface area contributed by atoms with Crippen LogP contribution in [-0.4, -0.2) is 23.9 Å². The van der Waals surface area contributed by atoms with Crippen LogP contribution in [0.4, 0.5) is 5.13 Å². The van der Waals surface area contributed by atoms with Crippen molar-refractivity contribution in [1.82, 2.24) is 4.98 Å². The summed E-state index contributed by atoms with van der Waals surface area (Å²) in [5, 5.41) is 0.929. The number of carbonyl (C=O) groups excluding carboxylic acids is 1. The van der Waals surface area contributed by atoms with E-state index < -0.39 is 0 Å². The van der Waals surface area contributed by atoms with Crippen LogP contribution >= 0.6 is 11.3 Å². The summed E-state index contributed by atoms with van der Waals surface area (Å²) < 4.78 is 0. The summed E-state index contributed by atoms with van der Waals surface area (Å²) in [4.78, 5) is 18.4. The first-order chi connectivity index (χ1) is 7.41. The molecule has 0 spiro atoms. The highest BCUT2D eigenvalue weighted by Crippen LogP contribution is 2.24. The van der Waals surface area contributed by atoms with Crippen molar-refractivity contribution in [2.24, 2.45) is 5.92 Å². The molecule has 0 aliphatic carbocycles. The van der Waals surface area contributed by atoms with Crippen LogP contribution in [0.25, 0.3) is 0 Å². The van der Waals surface area contributed by atoms with Gasteiger partial charge in [-0.2, -0.15) is 0 Å². The molecule has 0 fully saturated rings. The zero-order valence-electron chi connectivity index (χ0n) is 10.7. The number of thiazole rings is 1. The second-order valence-corrected chi connectivity index (χ2v) is 5.66. The molecule has 0 bridgehead atoms. The molecule has 0 radical (unpaired) electrons. The van der Waals surface area contributed by atoms with E-state index in [4.69, 9.17) is 0 Å². The molecule has 4 heteroatoms. The van der Waals surface area contributed by atoms with E-state index in [1.54, 1.807) is 13.1 Å². The summed E-state index contributed by atoms with van der Waals surface area (Å²) in [7, 11) is 2.04. The Morgan fingerprint density at radius 1 is 1.50 bits per heavy atom. The van der Waals surface area contributed by atoms with Crippen molar-refractivity contribution in [1.29, 1.82) is 0 Å². The number of anilines is 1. The number of Topliss-reactive ketones (excluding diaryl/α,β-unsaturated/α-hetero) is 1. The first-order valence-electron chi connectivity index (χ1n) is 5.61. The zero-order valence-corrected chi connectivity index (χ0v) is 11.5. The lowest BCUT2D eigenvalue weighted by molar-refractivity contribution is 0.102. The van der Waals surface area contributed by atoms with E-state index in [0.717, 1.165) is 16.4 Å². The Labute approximate surface area is 101 Å². The average Bonchev–Trinajstić information content (AvgIpc) is 2.64. The van der Waals surface area contributed by atoms with Gasteiger partial charge in [-0.1, -0.05) is 25.2 Å². The van der Waals surface area contributed by atoms with Crippen molar-refractivity contribution in [3.8, 4) is 0 Å². The molecule has 0 saturated heterocycles. The minimum Gasteiger partial charge on any atom is -0.348 e. The molecule has 1 heterocycles. The molecule has 16 heavy (non-hydrogen) atoms. The standard InChI is InChI=1S/C12H20N2OS/c1-8(2)6-9(3)14(5)12-13-7-11(16-12)10(4)15/h7-9H,6H2,1-5H3. The zero-order chi connectivity index (χ0) is 12.3. The normalized spacial score (nSPS) is 12.9. The molecule has 1 aromatic heterocycles. The lowest BCUT2D eigenvalue weighted by Crippen LogP contribution is -2.29. The van der Waals surface area contributed by atoms with Gasteiger partial charge in [0.25, 0.3) is 0 Å². The van der Waals surface area contributed by atoms with Gasteiger partial charge in [-0.3, -0.25) is 4.79 Å². The fourth-order valence-corrected chi connectivity index (χ4v) is 2.49. The van der Waals surface area contributed by atoms with Crippen LogP contribution in [0.1, 0.15) is 43.8 Å². The van der Waals surface area contributed by atoms with Crippen LogP contribution in [0.15, 0.2) is 6.20 Å². The molecule has 0 N–H and O–H groups in total. The maximum atomic E-state index is 11.2. The summed E-state index contributed by atoms with van der Waals surface area (Å²) >= 11 is 1.47. The maximum absolute atomic E-state index is 11.2. The Bertz CT molecular complexity index is 360. The summed E-state index contributed by atoms with van der Waals surface area (Å²) in [5.41, 5.74) is 0. The van der Waals surface area contributed by atoms with Gasteiger partial charge in [0.05, 0.1) is 11.1 Å². The number of ketones is 1. The summed E-state index contributed by atoms with van der Waals surface area (Å²) in [6, 6.07) is 0.450. The number of carbonyl (C=O) groups is 1. The van der Waals surface area contributed by atoms with E-state index in [0.29, 0.717) is 12.0 Å². The Morgan fingerprint density at radius 2 is 2.12 bits per heavy atom. The maximum Gasteiger partial charge on any atom is 0.185 e. The van der Waals surface area contributed by atoms with Crippen LogP contribution in [-0.2, 0) is 0 Å². The minimum atomic E-state index is 0.0914. The fourth-order valence-electron chi connectivity index (χ4n) is 1.62. The molecule has 0 aliphatic rings. The lowest BCUT2D eigenvalue weighted by atomic mass is 10.0. The van der Waals surface area contributed by atoms with E-state index in [-0.39, 0.29) is 5.78 Å². The SMILES string of the molecule is CC(=O)c1cnc(N(C)C(C)CC(C)C)s1. The summed E-state index contributed by atoms with van der Waals surface area (Å²) in [5.74, 6) is 0.762. The van der Waals surface area contributed by atoms with E-state index >= 15 is 0 Å². The minimum absolute atomic E-state index is 0.0914. The predicted molar refractivity (Wildman–Crippen MR) is 69.4 cm³/mol. The molecule has 0 amide bonds. The van der Waals surface area contributed by atoms with Gasteiger partial charge in [0.15, 0.2) is 10.9 Å². The van der Waals surface area contributed by atoms with Crippen molar-refractivity contribution in [2.75, 3.05) is 11.9 Å². The van der Waals surface area contributed by atoms with Gasteiger partial charge in [-0.25, -0.2) is 4.98 Å². The molecule has 3 nitrogen and oxygen atoms in total. The quantitative estimate of drug-likeness (QED) is 0.741. The number of nitrogens with zero attached hydrogens (tertiary/aromatic N) is 2. The molecule has 90 valence electrons. The molecule has 1 atom stereocenters. The van der Waals surface area contributed by atoms with Gasteiger partial charge in [0.1, 0.15) is 0 Å². The molecule has 0 saturated carbocycles. The first kappa shape index (κ1) is 13.2. The largest absolute Gasteiger partial charge is 0.348 e. The third kappa shape index (κ3) is 3.30. The van der Waals surface area contributed by atoms with Crippen molar-refractivity contribution in [3.63, 3.8) is 0 Å². The molecular weight excluding hydrogens is 220 g/mol. The summed E-state index contributed by atoms with van der Waals surface area (Å²) in [6.07, 6.45) is 2.80. The Hall–Kier alpha value is -0.900. The summed E-state index contributed by atoms with van der Waals surface area (Å²) in [6.45, 7) is 8.20. The Kier molecular flexibility index (Phi) is 4.47. The second-order valence-electron chi connectivity index (χ2n) is 4.65. The average molecular weight is 240 g/mol. The molecule has 1 aromatic rings. The monoisotopic (exact) mass is 240 g/mol. The topological polar surface area (TPSA) is 33.2 Å². The molecule has 1 rings (SSSR count). The van der Waals surface area contributed by atoms with E-state index in [9.17, 15) is 4.79 Å². The third-order valence-electron chi connectivity index (χ3n) is 2.62. The van der Waals surface area contributed by atoms with E-state index in [1.165, 1.54) is 11.3 Å². The highest BCUT2D eigenvalue weighted by molar-refractivity contribution is 7.17. The van der Waals surface area contributed by atoms with Crippen molar-refractivity contribution in [2.45, 2.75) is 40.2 Å². The van der Waals surface area contributed by atoms with Crippen LogP contribution < -0.4 is 4.90 Å². The number of hydrogen-bond donors (Lipinski definition) is 0. The molecular formula is C12H20N2OS. The van der Waals surface area contributed by atoms with Crippen molar-refractivity contribution < 1.29 is 4.79 Å².